The van der Waals surface area contributed by atoms with E-state index in [1.54, 1.807) is 6.20 Å². The molecule has 1 aromatic rings. The van der Waals surface area contributed by atoms with Crippen molar-refractivity contribution in [2.24, 2.45) is 0 Å². The van der Waals surface area contributed by atoms with E-state index < -0.39 is 0 Å². The van der Waals surface area contributed by atoms with Crippen molar-refractivity contribution in [3.63, 3.8) is 0 Å². The van der Waals surface area contributed by atoms with Crippen LogP contribution in [0.1, 0.15) is 12.8 Å². The van der Waals surface area contributed by atoms with Crippen molar-refractivity contribution in [3.05, 3.63) is 24.4 Å². The lowest BCUT2D eigenvalue weighted by atomic mass is 10.0. The molecule has 0 atom stereocenters. The summed E-state index contributed by atoms with van der Waals surface area (Å²) in [5, 5.41) is 0. The third-order valence-corrected chi connectivity index (χ3v) is 3.20. The summed E-state index contributed by atoms with van der Waals surface area (Å²) in [6, 6.07) is 7.54. The Labute approximate surface area is 91.7 Å². The minimum absolute atomic E-state index is 0.635. The number of likely N-dealkylation sites (tertiary alicyclic amines) is 1. The van der Waals surface area contributed by atoms with Crippen LogP contribution in [-0.2, 0) is 0 Å². The van der Waals surface area contributed by atoms with Crippen LogP contribution >= 0.6 is 0 Å². The lowest BCUT2D eigenvalue weighted by Crippen LogP contribution is -2.42. The molecule has 0 saturated carbocycles. The summed E-state index contributed by atoms with van der Waals surface area (Å²) in [5.41, 5.74) is 0. The Morgan fingerprint density at radius 2 is 2.20 bits per heavy atom. The first kappa shape index (κ1) is 10.4. The molecule has 0 spiro atoms. The lowest BCUT2D eigenvalue weighted by molar-refractivity contribution is 0.252. The van der Waals surface area contributed by atoms with Crippen LogP contribution in [0.5, 0.6) is 0 Å². The maximum Gasteiger partial charge on any atom is 0.128 e. The van der Waals surface area contributed by atoms with E-state index in [1.165, 1.54) is 25.9 Å². The zero-order valence-corrected chi connectivity index (χ0v) is 9.48. The molecule has 0 aliphatic carbocycles. The Morgan fingerprint density at radius 1 is 1.47 bits per heavy atom. The minimum Gasteiger partial charge on any atom is -0.357 e. The van der Waals surface area contributed by atoms with E-state index >= 15 is 0 Å². The molecule has 1 aliphatic rings. The number of aromatic nitrogens is 1. The minimum atomic E-state index is 0.635. The van der Waals surface area contributed by atoms with Gasteiger partial charge in [-0.15, -0.1) is 0 Å². The quantitative estimate of drug-likeness (QED) is 0.726. The molecule has 1 radical (unpaired) electrons. The summed E-state index contributed by atoms with van der Waals surface area (Å²) in [6.45, 7) is 2.38. The molecule has 1 aromatic heterocycles. The van der Waals surface area contributed by atoms with E-state index in [9.17, 15) is 0 Å². The summed E-state index contributed by atoms with van der Waals surface area (Å²) in [4.78, 5) is 9.01. The van der Waals surface area contributed by atoms with Crippen molar-refractivity contribution in [2.45, 2.75) is 18.9 Å². The Balaban J connectivity index is 1.99. The Kier molecular flexibility index (Phi) is 3.21. The lowest BCUT2D eigenvalue weighted by Gasteiger charge is -2.35. The number of hydrogen-bond acceptors (Lipinski definition) is 3. The SMILES string of the molecule is CN1CCC(N(C)c2cc[c]cn2)CC1. The second kappa shape index (κ2) is 4.62. The van der Waals surface area contributed by atoms with E-state index in [-0.39, 0.29) is 0 Å². The third kappa shape index (κ3) is 2.48. The fourth-order valence-electron chi connectivity index (χ4n) is 2.09. The highest BCUT2D eigenvalue weighted by atomic mass is 15.2. The van der Waals surface area contributed by atoms with Crippen molar-refractivity contribution in [2.75, 3.05) is 32.1 Å². The first-order chi connectivity index (χ1) is 7.27. The van der Waals surface area contributed by atoms with Crippen LogP contribution in [-0.4, -0.2) is 43.1 Å². The molecule has 3 heteroatoms. The van der Waals surface area contributed by atoms with Gasteiger partial charge in [-0.3, -0.25) is 0 Å². The largest absolute Gasteiger partial charge is 0.357 e. The fourth-order valence-corrected chi connectivity index (χ4v) is 2.09. The monoisotopic (exact) mass is 204 g/mol. The second-order valence-corrected chi connectivity index (χ2v) is 4.26. The molecule has 2 rings (SSSR count). The molecule has 0 bridgehead atoms. The van der Waals surface area contributed by atoms with Crippen LogP contribution in [0.15, 0.2) is 18.3 Å². The van der Waals surface area contributed by atoms with Gasteiger partial charge in [0.2, 0.25) is 0 Å². The van der Waals surface area contributed by atoms with Gasteiger partial charge in [-0.2, -0.15) is 0 Å². The molecule has 1 saturated heterocycles. The molecular formula is C12H18N3. The van der Waals surface area contributed by atoms with Gasteiger partial charge in [0.05, 0.1) is 0 Å². The normalized spacial score (nSPS) is 19.1. The standard InChI is InChI=1S/C12H18N3/c1-14-9-6-11(7-10-14)15(2)12-5-3-4-8-13-12/h3,5,8,11H,6-7,9-10H2,1-2H3. The van der Waals surface area contributed by atoms with Gasteiger partial charge in [0, 0.05) is 25.4 Å². The summed E-state index contributed by atoms with van der Waals surface area (Å²) in [5.74, 6) is 1.06. The maximum absolute atomic E-state index is 4.33. The van der Waals surface area contributed by atoms with E-state index in [0.717, 1.165) is 5.82 Å². The molecule has 3 nitrogen and oxygen atoms in total. The Hall–Kier alpha value is -1.09. The van der Waals surface area contributed by atoms with Crippen LogP contribution < -0.4 is 4.90 Å². The Bertz CT molecular complexity index is 291. The summed E-state index contributed by atoms with van der Waals surface area (Å²) in [7, 11) is 4.32. The van der Waals surface area contributed by atoms with Gasteiger partial charge in [-0.05, 0) is 45.1 Å². The van der Waals surface area contributed by atoms with Crippen molar-refractivity contribution >= 4 is 5.82 Å². The fraction of sp³-hybridized carbons (Fsp3) is 0.583. The van der Waals surface area contributed by atoms with Gasteiger partial charge in [-0.1, -0.05) is 0 Å². The first-order valence-electron chi connectivity index (χ1n) is 5.51. The van der Waals surface area contributed by atoms with E-state index in [4.69, 9.17) is 0 Å². The van der Waals surface area contributed by atoms with E-state index in [2.05, 4.69) is 34.9 Å². The van der Waals surface area contributed by atoms with Crippen molar-refractivity contribution in [1.29, 1.82) is 0 Å². The first-order valence-corrected chi connectivity index (χ1v) is 5.51. The molecule has 81 valence electrons. The zero-order chi connectivity index (χ0) is 10.7. The number of rotatable bonds is 2. The van der Waals surface area contributed by atoms with Crippen LogP contribution in [0, 0.1) is 6.07 Å². The van der Waals surface area contributed by atoms with Crippen molar-refractivity contribution in [3.8, 4) is 0 Å². The van der Waals surface area contributed by atoms with Gasteiger partial charge < -0.3 is 9.80 Å². The van der Waals surface area contributed by atoms with Crippen molar-refractivity contribution < 1.29 is 0 Å². The predicted molar refractivity (Wildman–Crippen MR) is 62.0 cm³/mol. The number of pyridine rings is 1. The summed E-state index contributed by atoms with van der Waals surface area (Å²) >= 11 is 0. The number of nitrogens with zero attached hydrogens (tertiary/aromatic N) is 3. The third-order valence-electron chi connectivity index (χ3n) is 3.20. The van der Waals surface area contributed by atoms with Gasteiger partial charge in [0.1, 0.15) is 5.82 Å². The molecule has 1 aliphatic heterocycles. The number of piperidine rings is 1. The Morgan fingerprint density at radius 3 is 2.80 bits per heavy atom. The topological polar surface area (TPSA) is 19.4 Å². The second-order valence-electron chi connectivity index (χ2n) is 4.26. The van der Waals surface area contributed by atoms with Gasteiger partial charge in [0.25, 0.3) is 0 Å². The maximum atomic E-state index is 4.33. The highest BCUT2D eigenvalue weighted by Gasteiger charge is 2.20. The average Bonchev–Trinajstić information content (AvgIpc) is 2.30. The number of hydrogen-bond donors (Lipinski definition) is 0. The van der Waals surface area contributed by atoms with Crippen molar-refractivity contribution in [1.82, 2.24) is 9.88 Å². The molecule has 0 aromatic carbocycles. The van der Waals surface area contributed by atoms with Crippen LogP contribution in [0.3, 0.4) is 0 Å². The van der Waals surface area contributed by atoms with Crippen LogP contribution in [0.4, 0.5) is 5.82 Å². The van der Waals surface area contributed by atoms with Crippen LogP contribution in [0.2, 0.25) is 0 Å². The molecule has 0 unspecified atom stereocenters. The summed E-state index contributed by atoms with van der Waals surface area (Å²) in [6.07, 6.45) is 4.20. The van der Waals surface area contributed by atoms with Gasteiger partial charge >= 0.3 is 0 Å². The molecular weight excluding hydrogens is 186 g/mol. The highest BCUT2D eigenvalue weighted by molar-refractivity contribution is 5.37. The molecule has 15 heavy (non-hydrogen) atoms. The average molecular weight is 204 g/mol. The zero-order valence-electron chi connectivity index (χ0n) is 9.48. The number of anilines is 1. The molecule has 1 fully saturated rings. The molecule has 0 N–H and O–H groups in total. The molecule has 0 amide bonds. The van der Waals surface area contributed by atoms with Gasteiger partial charge in [0.15, 0.2) is 0 Å². The summed E-state index contributed by atoms with van der Waals surface area (Å²) < 4.78 is 0. The highest BCUT2D eigenvalue weighted by Crippen LogP contribution is 2.18. The predicted octanol–water partition coefficient (Wildman–Crippen LogP) is 1.41. The van der Waals surface area contributed by atoms with Gasteiger partial charge in [-0.25, -0.2) is 4.98 Å². The van der Waals surface area contributed by atoms with Crippen LogP contribution in [0.25, 0.3) is 0 Å². The molecule has 2 heterocycles. The van der Waals surface area contributed by atoms with E-state index in [1.807, 2.05) is 12.1 Å². The smallest absolute Gasteiger partial charge is 0.128 e. The van der Waals surface area contributed by atoms with E-state index in [0.29, 0.717) is 6.04 Å².